The topological polar surface area (TPSA) is 69.6 Å². The first-order valence-electron chi connectivity index (χ1n) is 6.92. The molecule has 1 aliphatic rings. The minimum atomic E-state index is -3.51. The Labute approximate surface area is 120 Å². The third-order valence-electron chi connectivity index (χ3n) is 3.67. The Morgan fingerprint density at radius 2 is 1.90 bits per heavy atom. The molecule has 1 saturated heterocycles. The molecule has 20 heavy (non-hydrogen) atoms. The van der Waals surface area contributed by atoms with E-state index in [1.165, 1.54) is 4.31 Å². The summed E-state index contributed by atoms with van der Waals surface area (Å²) < 4.78 is 26.9. The average Bonchev–Trinajstić information content (AvgIpc) is 2.39. The van der Waals surface area contributed by atoms with Crippen molar-refractivity contribution in [3.05, 3.63) is 24.3 Å². The van der Waals surface area contributed by atoms with Gasteiger partial charge in [-0.3, -0.25) is 0 Å². The van der Waals surface area contributed by atoms with Crippen LogP contribution in [0, 0.1) is 0 Å². The molecular weight excluding hydrogens is 276 g/mol. The van der Waals surface area contributed by atoms with Crippen LogP contribution in [0.3, 0.4) is 0 Å². The van der Waals surface area contributed by atoms with E-state index in [0.717, 1.165) is 0 Å². The minimum Gasteiger partial charge on any atom is -0.390 e. The molecule has 0 saturated carbocycles. The maximum Gasteiger partial charge on any atom is 0.245 e. The molecule has 5 nitrogen and oxygen atoms in total. The van der Waals surface area contributed by atoms with E-state index in [2.05, 4.69) is 5.32 Å². The first kappa shape index (κ1) is 15.3. The van der Waals surface area contributed by atoms with Crippen LogP contribution in [0.15, 0.2) is 29.2 Å². The van der Waals surface area contributed by atoms with Gasteiger partial charge in [0.25, 0.3) is 0 Å². The van der Waals surface area contributed by atoms with Crippen molar-refractivity contribution in [1.29, 1.82) is 0 Å². The van der Waals surface area contributed by atoms with E-state index in [9.17, 15) is 13.5 Å². The smallest absolute Gasteiger partial charge is 0.245 e. The van der Waals surface area contributed by atoms with Gasteiger partial charge in [-0.15, -0.1) is 0 Å². The summed E-state index contributed by atoms with van der Waals surface area (Å²) in [6, 6.07) is 6.95. The van der Waals surface area contributed by atoms with E-state index < -0.39 is 15.6 Å². The van der Waals surface area contributed by atoms with Crippen LogP contribution < -0.4 is 5.32 Å². The highest BCUT2D eigenvalue weighted by Crippen LogP contribution is 2.29. The van der Waals surface area contributed by atoms with Crippen molar-refractivity contribution >= 4 is 15.7 Å². The van der Waals surface area contributed by atoms with Crippen LogP contribution in [0.1, 0.15) is 26.7 Å². The van der Waals surface area contributed by atoms with E-state index in [4.69, 9.17) is 0 Å². The second kappa shape index (κ2) is 5.71. The number of nitrogens with one attached hydrogen (secondary N) is 1. The van der Waals surface area contributed by atoms with Crippen LogP contribution in [0.4, 0.5) is 5.69 Å². The number of anilines is 1. The predicted molar refractivity (Wildman–Crippen MR) is 79.2 cm³/mol. The van der Waals surface area contributed by atoms with Crippen molar-refractivity contribution in [1.82, 2.24) is 4.31 Å². The van der Waals surface area contributed by atoms with E-state index in [0.29, 0.717) is 43.1 Å². The van der Waals surface area contributed by atoms with Crippen LogP contribution >= 0.6 is 0 Å². The van der Waals surface area contributed by atoms with Crippen molar-refractivity contribution < 1.29 is 13.5 Å². The average molecular weight is 298 g/mol. The molecule has 2 N–H and O–H groups in total. The standard InChI is InChI=1S/C14H22N2O3S/c1-3-15-12-6-4-5-7-13(12)20(18,19)16-10-8-14(2,17)9-11-16/h4-7,15,17H,3,8-11H2,1-2H3. The zero-order valence-corrected chi connectivity index (χ0v) is 12.8. The fraction of sp³-hybridized carbons (Fsp3) is 0.571. The number of sulfonamides is 1. The molecule has 0 amide bonds. The van der Waals surface area contributed by atoms with E-state index in [1.807, 2.05) is 13.0 Å². The van der Waals surface area contributed by atoms with Gasteiger partial charge in [0.05, 0.1) is 11.3 Å². The summed E-state index contributed by atoms with van der Waals surface area (Å²) in [4.78, 5) is 0.309. The molecular formula is C14H22N2O3S. The van der Waals surface area contributed by atoms with Gasteiger partial charge in [0.15, 0.2) is 0 Å². The number of nitrogens with zero attached hydrogens (tertiary/aromatic N) is 1. The van der Waals surface area contributed by atoms with Crippen LogP contribution in [-0.2, 0) is 10.0 Å². The van der Waals surface area contributed by atoms with E-state index >= 15 is 0 Å². The van der Waals surface area contributed by atoms with Gasteiger partial charge in [0, 0.05) is 19.6 Å². The minimum absolute atomic E-state index is 0.309. The lowest BCUT2D eigenvalue weighted by molar-refractivity contribution is 0.0126. The number of rotatable bonds is 4. The third-order valence-corrected chi connectivity index (χ3v) is 5.63. The molecule has 6 heteroatoms. The summed E-state index contributed by atoms with van der Waals surface area (Å²) in [6.45, 7) is 5.07. The highest BCUT2D eigenvalue weighted by molar-refractivity contribution is 7.89. The lowest BCUT2D eigenvalue weighted by Gasteiger charge is -2.35. The van der Waals surface area contributed by atoms with Gasteiger partial charge in [0.1, 0.15) is 4.90 Å². The van der Waals surface area contributed by atoms with E-state index in [1.54, 1.807) is 25.1 Å². The quantitative estimate of drug-likeness (QED) is 0.887. The molecule has 1 heterocycles. The van der Waals surface area contributed by atoms with Crippen molar-refractivity contribution in [3.63, 3.8) is 0 Å². The molecule has 0 radical (unpaired) electrons. The van der Waals surface area contributed by atoms with Gasteiger partial charge < -0.3 is 10.4 Å². The molecule has 0 bridgehead atoms. The van der Waals surface area contributed by atoms with E-state index in [-0.39, 0.29) is 0 Å². The number of hydrogen-bond donors (Lipinski definition) is 2. The van der Waals surface area contributed by atoms with Crippen molar-refractivity contribution in [2.75, 3.05) is 25.0 Å². The van der Waals surface area contributed by atoms with Crippen molar-refractivity contribution in [2.24, 2.45) is 0 Å². The monoisotopic (exact) mass is 298 g/mol. The molecule has 0 aromatic heterocycles. The molecule has 1 aromatic carbocycles. The molecule has 1 fully saturated rings. The summed E-state index contributed by atoms with van der Waals surface area (Å²) in [7, 11) is -3.51. The van der Waals surface area contributed by atoms with Crippen LogP contribution in [0.5, 0.6) is 0 Å². The first-order chi connectivity index (χ1) is 9.37. The molecule has 0 atom stereocenters. The Balaban J connectivity index is 2.27. The van der Waals surface area contributed by atoms with Gasteiger partial charge in [-0.2, -0.15) is 4.31 Å². The molecule has 112 valence electrons. The predicted octanol–water partition coefficient (Wildman–Crippen LogP) is 1.65. The number of piperidine rings is 1. The van der Waals surface area contributed by atoms with Gasteiger partial charge in [-0.1, -0.05) is 12.1 Å². The van der Waals surface area contributed by atoms with Crippen LogP contribution in [0.25, 0.3) is 0 Å². The summed E-state index contributed by atoms with van der Waals surface area (Å²) in [5.74, 6) is 0. The Kier molecular flexibility index (Phi) is 4.36. The Bertz CT molecular complexity index is 560. The largest absolute Gasteiger partial charge is 0.390 e. The lowest BCUT2D eigenvalue weighted by atomic mass is 9.95. The summed E-state index contributed by atoms with van der Waals surface area (Å²) in [6.07, 6.45) is 0.936. The molecule has 0 unspecified atom stereocenters. The summed E-state index contributed by atoms with van der Waals surface area (Å²) >= 11 is 0. The third kappa shape index (κ3) is 3.13. The Hall–Kier alpha value is -1.11. The maximum absolute atomic E-state index is 12.7. The molecule has 0 aliphatic carbocycles. The highest BCUT2D eigenvalue weighted by atomic mass is 32.2. The normalized spacial score (nSPS) is 19.8. The highest BCUT2D eigenvalue weighted by Gasteiger charge is 2.34. The Morgan fingerprint density at radius 1 is 1.30 bits per heavy atom. The zero-order chi connectivity index (χ0) is 14.8. The number of para-hydroxylation sites is 1. The summed E-state index contributed by atoms with van der Waals surface area (Å²) in [5.41, 5.74) is -0.125. The zero-order valence-electron chi connectivity index (χ0n) is 12.0. The Morgan fingerprint density at radius 3 is 2.50 bits per heavy atom. The fourth-order valence-electron chi connectivity index (χ4n) is 2.38. The van der Waals surface area contributed by atoms with Crippen molar-refractivity contribution in [3.8, 4) is 0 Å². The van der Waals surface area contributed by atoms with Crippen LogP contribution in [0.2, 0.25) is 0 Å². The fourth-order valence-corrected chi connectivity index (χ4v) is 3.99. The molecule has 2 rings (SSSR count). The maximum atomic E-state index is 12.7. The van der Waals surface area contributed by atoms with Gasteiger partial charge >= 0.3 is 0 Å². The van der Waals surface area contributed by atoms with Gasteiger partial charge in [-0.25, -0.2) is 8.42 Å². The summed E-state index contributed by atoms with van der Waals surface area (Å²) in [5, 5.41) is 13.0. The van der Waals surface area contributed by atoms with Gasteiger partial charge in [-0.05, 0) is 38.8 Å². The number of aliphatic hydroxyl groups is 1. The van der Waals surface area contributed by atoms with Crippen molar-refractivity contribution in [2.45, 2.75) is 37.2 Å². The molecule has 0 spiro atoms. The number of benzene rings is 1. The second-order valence-electron chi connectivity index (χ2n) is 5.43. The molecule has 1 aliphatic heterocycles. The van der Waals surface area contributed by atoms with Crippen LogP contribution in [-0.4, -0.2) is 43.1 Å². The first-order valence-corrected chi connectivity index (χ1v) is 8.36. The molecule has 1 aromatic rings. The number of hydrogen-bond acceptors (Lipinski definition) is 4. The lowest BCUT2D eigenvalue weighted by Crippen LogP contribution is -2.45. The SMILES string of the molecule is CCNc1ccccc1S(=O)(=O)N1CCC(C)(O)CC1. The second-order valence-corrected chi connectivity index (χ2v) is 7.33. The van der Waals surface area contributed by atoms with Gasteiger partial charge in [0.2, 0.25) is 10.0 Å².